The second kappa shape index (κ2) is 2.97. The number of imidazole rings is 1. The van der Waals surface area contributed by atoms with Crippen molar-refractivity contribution in [2.45, 2.75) is 13.3 Å². The molecule has 0 saturated heterocycles. The van der Waals surface area contributed by atoms with E-state index in [1.807, 2.05) is 13.0 Å². The first-order valence-corrected chi connectivity index (χ1v) is 4.15. The van der Waals surface area contributed by atoms with Gasteiger partial charge in [0.05, 0.1) is 6.20 Å². The van der Waals surface area contributed by atoms with Gasteiger partial charge in [0.15, 0.2) is 11.4 Å². The van der Waals surface area contributed by atoms with Gasteiger partial charge in [0, 0.05) is 12.6 Å². The summed E-state index contributed by atoms with van der Waals surface area (Å²) in [4.78, 5) is 15.5. The van der Waals surface area contributed by atoms with Crippen molar-refractivity contribution in [3.8, 4) is 0 Å². The lowest BCUT2D eigenvalue weighted by Gasteiger charge is -1.95. The number of Topliss-reactive ketones (excluding diaryl/α,β-unsaturated/α-hetero) is 1. The summed E-state index contributed by atoms with van der Waals surface area (Å²) in [6.45, 7) is 1.82. The van der Waals surface area contributed by atoms with Crippen molar-refractivity contribution in [1.82, 2.24) is 14.6 Å². The first-order valence-electron chi connectivity index (χ1n) is 4.15. The van der Waals surface area contributed by atoms with Crippen LogP contribution in [0.1, 0.15) is 23.8 Å². The topological polar surface area (TPSA) is 47.3 Å². The van der Waals surface area contributed by atoms with Crippen LogP contribution in [0, 0.1) is 0 Å². The lowest BCUT2D eigenvalue weighted by Crippen LogP contribution is -2.03. The molecule has 0 radical (unpaired) electrons. The van der Waals surface area contributed by atoms with Gasteiger partial charge in [-0.05, 0) is 12.1 Å². The van der Waals surface area contributed by atoms with Gasteiger partial charge < -0.3 is 0 Å². The third kappa shape index (κ3) is 1.20. The SMILES string of the molecule is CCC(=O)c1cnc2cccnn12. The number of carbonyl (C=O) groups excluding carboxylic acids is 1. The van der Waals surface area contributed by atoms with Crippen LogP contribution in [0.5, 0.6) is 0 Å². The molecule has 0 amide bonds. The molecule has 0 spiro atoms. The third-order valence-electron chi connectivity index (χ3n) is 1.88. The van der Waals surface area contributed by atoms with Gasteiger partial charge in [-0.3, -0.25) is 4.79 Å². The van der Waals surface area contributed by atoms with Gasteiger partial charge in [-0.2, -0.15) is 5.10 Å². The summed E-state index contributed by atoms with van der Waals surface area (Å²) in [5.74, 6) is 0.0613. The maximum Gasteiger partial charge on any atom is 0.182 e. The molecule has 0 aliphatic heterocycles. The van der Waals surface area contributed by atoms with E-state index in [1.54, 1.807) is 23.0 Å². The third-order valence-corrected chi connectivity index (χ3v) is 1.88. The molecule has 0 aliphatic carbocycles. The van der Waals surface area contributed by atoms with E-state index in [9.17, 15) is 4.79 Å². The zero-order valence-electron chi connectivity index (χ0n) is 7.27. The molecule has 4 nitrogen and oxygen atoms in total. The molecule has 0 atom stereocenters. The molecule has 2 heterocycles. The van der Waals surface area contributed by atoms with Crippen LogP contribution in [0.25, 0.3) is 5.65 Å². The van der Waals surface area contributed by atoms with E-state index in [0.29, 0.717) is 17.8 Å². The summed E-state index contributed by atoms with van der Waals surface area (Å²) in [5, 5.41) is 4.04. The number of aromatic nitrogens is 3. The molecule has 0 saturated carbocycles. The Bertz CT molecular complexity index is 447. The van der Waals surface area contributed by atoms with Crippen LogP contribution in [0.15, 0.2) is 24.5 Å². The van der Waals surface area contributed by atoms with E-state index in [2.05, 4.69) is 10.1 Å². The Kier molecular flexibility index (Phi) is 1.81. The number of nitrogens with zero attached hydrogens (tertiary/aromatic N) is 3. The van der Waals surface area contributed by atoms with Crippen molar-refractivity contribution < 1.29 is 4.79 Å². The minimum absolute atomic E-state index is 0.0613. The molecule has 2 aromatic rings. The van der Waals surface area contributed by atoms with E-state index in [0.717, 1.165) is 0 Å². The van der Waals surface area contributed by atoms with Gasteiger partial charge in [0.25, 0.3) is 0 Å². The van der Waals surface area contributed by atoms with Crippen LogP contribution in [0.4, 0.5) is 0 Å². The van der Waals surface area contributed by atoms with Gasteiger partial charge in [-0.1, -0.05) is 6.92 Å². The van der Waals surface area contributed by atoms with Gasteiger partial charge in [0.1, 0.15) is 5.69 Å². The summed E-state index contributed by atoms with van der Waals surface area (Å²) in [6.07, 6.45) is 3.68. The highest BCUT2D eigenvalue weighted by atomic mass is 16.1. The van der Waals surface area contributed by atoms with E-state index in [1.165, 1.54) is 0 Å². The highest BCUT2D eigenvalue weighted by Crippen LogP contribution is 2.05. The fourth-order valence-corrected chi connectivity index (χ4v) is 1.20. The van der Waals surface area contributed by atoms with Crippen molar-refractivity contribution in [3.05, 3.63) is 30.2 Å². The molecule has 2 rings (SSSR count). The Morgan fingerprint density at radius 2 is 2.46 bits per heavy atom. The molecule has 0 fully saturated rings. The summed E-state index contributed by atoms with van der Waals surface area (Å²) in [5.41, 5.74) is 1.26. The molecule has 0 N–H and O–H groups in total. The van der Waals surface area contributed by atoms with Gasteiger partial charge in [-0.25, -0.2) is 9.50 Å². The highest BCUT2D eigenvalue weighted by Gasteiger charge is 2.09. The molecule has 2 aromatic heterocycles. The Hall–Kier alpha value is -1.71. The highest BCUT2D eigenvalue weighted by molar-refractivity contribution is 5.94. The molecule has 13 heavy (non-hydrogen) atoms. The van der Waals surface area contributed by atoms with Crippen LogP contribution >= 0.6 is 0 Å². The largest absolute Gasteiger partial charge is 0.292 e. The van der Waals surface area contributed by atoms with Gasteiger partial charge in [-0.15, -0.1) is 0 Å². The molecule has 0 aliphatic rings. The zero-order chi connectivity index (χ0) is 9.26. The predicted octanol–water partition coefficient (Wildman–Crippen LogP) is 1.32. The Morgan fingerprint density at radius 3 is 3.23 bits per heavy atom. The average molecular weight is 175 g/mol. The van der Waals surface area contributed by atoms with E-state index >= 15 is 0 Å². The summed E-state index contributed by atoms with van der Waals surface area (Å²) < 4.78 is 1.56. The minimum Gasteiger partial charge on any atom is -0.292 e. The minimum atomic E-state index is 0.0613. The first-order chi connectivity index (χ1) is 6.33. The quantitative estimate of drug-likeness (QED) is 0.647. The molecule has 0 aromatic carbocycles. The lowest BCUT2D eigenvalue weighted by molar-refractivity contribution is 0.0981. The smallest absolute Gasteiger partial charge is 0.182 e. The lowest BCUT2D eigenvalue weighted by atomic mass is 10.2. The number of ketones is 1. The fourth-order valence-electron chi connectivity index (χ4n) is 1.20. The maximum atomic E-state index is 11.4. The maximum absolute atomic E-state index is 11.4. The van der Waals surface area contributed by atoms with Crippen molar-refractivity contribution in [2.75, 3.05) is 0 Å². The van der Waals surface area contributed by atoms with Crippen LogP contribution in [-0.4, -0.2) is 20.4 Å². The van der Waals surface area contributed by atoms with Gasteiger partial charge >= 0.3 is 0 Å². The first kappa shape index (κ1) is 7.91. The van der Waals surface area contributed by atoms with E-state index in [4.69, 9.17) is 0 Å². The van der Waals surface area contributed by atoms with E-state index < -0.39 is 0 Å². The van der Waals surface area contributed by atoms with Crippen molar-refractivity contribution in [1.29, 1.82) is 0 Å². The van der Waals surface area contributed by atoms with Crippen molar-refractivity contribution in [2.24, 2.45) is 0 Å². The number of fused-ring (bicyclic) bond motifs is 1. The molecule has 0 unspecified atom stereocenters. The molecule has 0 bridgehead atoms. The van der Waals surface area contributed by atoms with Crippen LogP contribution in [-0.2, 0) is 0 Å². The Balaban J connectivity index is 2.64. The normalized spacial score (nSPS) is 10.5. The number of hydrogen-bond donors (Lipinski definition) is 0. The molecule has 4 heteroatoms. The standard InChI is InChI=1S/C9H9N3O/c1-2-8(13)7-6-10-9-4-3-5-11-12(7)9/h3-6H,2H2,1H3. The summed E-state index contributed by atoms with van der Waals surface area (Å²) >= 11 is 0. The molecule has 66 valence electrons. The van der Waals surface area contributed by atoms with Gasteiger partial charge in [0.2, 0.25) is 0 Å². The van der Waals surface area contributed by atoms with Crippen LogP contribution in [0.2, 0.25) is 0 Å². The van der Waals surface area contributed by atoms with Crippen molar-refractivity contribution >= 4 is 11.4 Å². The number of hydrogen-bond acceptors (Lipinski definition) is 3. The fraction of sp³-hybridized carbons (Fsp3) is 0.222. The molecular weight excluding hydrogens is 166 g/mol. The number of carbonyl (C=O) groups is 1. The average Bonchev–Trinajstić information content (AvgIpc) is 2.60. The monoisotopic (exact) mass is 175 g/mol. The Labute approximate surface area is 75.2 Å². The van der Waals surface area contributed by atoms with Crippen LogP contribution in [0.3, 0.4) is 0 Å². The second-order valence-corrected chi connectivity index (χ2v) is 2.71. The van der Waals surface area contributed by atoms with Crippen LogP contribution < -0.4 is 0 Å². The van der Waals surface area contributed by atoms with E-state index in [-0.39, 0.29) is 5.78 Å². The predicted molar refractivity (Wildman–Crippen MR) is 47.6 cm³/mol. The van der Waals surface area contributed by atoms with Crippen molar-refractivity contribution in [3.63, 3.8) is 0 Å². The Morgan fingerprint density at radius 1 is 1.62 bits per heavy atom. The second-order valence-electron chi connectivity index (χ2n) is 2.71. The number of rotatable bonds is 2. The molecular formula is C9H9N3O. The summed E-state index contributed by atoms with van der Waals surface area (Å²) in [6, 6.07) is 3.61. The summed E-state index contributed by atoms with van der Waals surface area (Å²) in [7, 11) is 0. The zero-order valence-corrected chi connectivity index (χ0v) is 7.27.